The van der Waals surface area contributed by atoms with Crippen molar-refractivity contribution in [2.24, 2.45) is 10.2 Å². The minimum Gasteiger partial charge on any atom is -0.258 e. The number of hydrogen-bond acceptors (Lipinski definition) is 12. The van der Waals surface area contributed by atoms with E-state index in [1.54, 1.807) is 0 Å². The molecule has 1 heterocycles. The van der Waals surface area contributed by atoms with Crippen LogP contribution >= 0.6 is 11.6 Å². The van der Waals surface area contributed by atoms with E-state index in [2.05, 4.69) is 20.4 Å². The fourth-order valence-electron chi connectivity index (χ4n) is 3.03. The largest absolute Gasteiger partial charge is 0.305 e. The standard InChI is InChI=1S/C18H8ClN9O8/c19-12-3-1-9(5-15(12)26(31)32)20-21-13-4-2-10(7-16(13)27(33)34)24-22-14-6-11(25(29)30)8-17(28(35)36)18(14)23-24/h1-8H. The van der Waals surface area contributed by atoms with Crippen molar-refractivity contribution >= 4 is 56.8 Å². The third-order valence-corrected chi connectivity index (χ3v) is 4.97. The van der Waals surface area contributed by atoms with Gasteiger partial charge in [0.15, 0.2) is 11.2 Å². The lowest BCUT2D eigenvalue weighted by Gasteiger charge is -2.02. The molecule has 1 aromatic heterocycles. The summed E-state index contributed by atoms with van der Waals surface area (Å²) in [5, 5.41) is 60.4. The summed E-state index contributed by atoms with van der Waals surface area (Å²) in [4.78, 5) is 42.7. The van der Waals surface area contributed by atoms with E-state index in [4.69, 9.17) is 11.6 Å². The van der Waals surface area contributed by atoms with Crippen LogP contribution < -0.4 is 0 Å². The number of hydrogen-bond donors (Lipinski definition) is 0. The zero-order valence-corrected chi connectivity index (χ0v) is 18.0. The fraction of sp³-hybridized carbons (Fsp3) is 0. The normalized spacial score (nSPS) is 11.1. The van der Waals surface area contributed by atoms with Crippen LogP contribution in [0.15, 0.2) is 58.8 Å². The summed E-state index contributed by atoms with van der Waals surface area (Å²) in [6, 6.07) is 8.79. The van der Waals surface area contributed by atoms with Gasteiger partial charge in [0, 0.05) is 18.2 Å². The Balaban J connectivity index is 1.76. The van der Waals surface area contributed by atoms with Crippen LogP contribution in [0.2, 0.25) is 5.02 Å². The fourth-order valence-corrected chi connectivity index (χ4v) is 3.22. The number of halogens is 1. The number of nitro benzene ring substituents is 4. The highest BCUT2D eigenvalue weighted by atomic mass is 35.5. The molecule has 0 atom stereocenters. The average Bonchev–Trinajstić information content (AvgIpc) is 3.26. The molecule has 0 N–H and O–H groups in total. The number of rotatable bonds is 7. The second kappa shape index (κ2) is 9.06. The number of aromatic nitrogens is 3. The minimum atomic E-state index is -0.860. The van der Waals surface area contributed by atoms with Crippen LogP contribution in [0.3, 0.4) is 0 Å². The molecule has 4 rings (SSSR count). The number of nitro groups is 4. The van der Waals surface area contributed by atoms with E-state index in [-0.39, 0.29) is 33.1 Å². The van der Waals surface area contributed by atoms with Crippen LogP contribution in [0.1, 0.15) is 0 Å². The number of benzene rings is 3. The van der Waals surface area contributed by atoms with Crippen LogP contribution in [-0.4, -0.2) is 34.7 Å². The molecule has 4 aromatic rings. The Labute approximate surface area is 201 Å². The van der Waals surface area contributed by atoms with Crippen LogP contribution in [0.25, 0.3) is 16.7 Å². The van der Waals surface area contributed by atoms with Crippen molar-refractivity contribution in [3.63, 3.8) is 0 Å². The topological polar surface area (TPSA) is 228 Å². The Bertz CT molecular complexity index is 1630. The third kappa shape index (κ3) is 4.48. The maximum Gasteiger partial charge on any atom is 0.305 e. The molecule has 36 heavy (non-hydrogen) atoms. The molecule has 18 heteroatoms. The quantitative estimate of drug-likeness (QED) is 0.180. The zero-order chi connectivity index (χ0) is 26.1. The lowest BCUT2D eigenvalue weighted by atomic mass is 10.2. The molecule has 180 valence electrons. The van der Waals surface area contributed by atoms with Gasteiger partial charge in [0.25, 0.3) is 17.1 Å². The molecule has 0 radical (unpaired) electrons. The Morgan fingerprint density at radius 1 is 0.722 bits per heavy atom. The van der Waals surface area contributed by atoms with Crippen molar-refractivity contribution < 1.29 is 19.7 Å². The van der Waals surface area contributed by atoms with Gasteiger partial charge in [0.05, 0.1) is 37.1 Å². The Morgan fingerprint density at radius 3 is 2.06 bits per heavy atom. The second-order valence-corrected chi connectivity index (χ2v) is 7.27. The van der Waals surface area contributed by atoms with E-state index in [9.17, 15) is 40.5 Å². The molecular formula is C18H8ClN9O8. The first-order valence-electron chi connectivity index (χ1n) is 9.39. The average molecular weight is 514 g/mol. The summed E-state index contributed by atoms with van der Waals surface area (Å²) in [5.41, 5.74) is -2.87. The van der Waals surface area contributed by atoms with Gasteiger partial charge < -0.3 is 0 Å². The molecule has 0 aliphatic rings. The molecule has 0 bridgehead atoms. The molecule has 0 aliphatic heterocycles. The van der Waals surface area contributed by atoms with Gasteiger partial charge in [-0.25, -0.2) is 0 Å². The summed E-state index contributed by atoms with van der Waals surface area (Å²) in [6.07, 6.45) is 0. The molecule has 0 spiro atoms. The Morgan fingerprint density at radius 2 is 1.42 bits per heavy atom. The van der Waals surface area contributed by atoms with E-state index in [0.717, 1.165) is 29.1 Å². The lowest BCUT2D eigenvalue weighted by Crippen LogP contribution is -2.00. The maximum absolute atomic E-state index is 11.6. The first-order chi connectivity index (χ1) is 17.0. The molecule has 0 saturated carbocycles. The summed E-state index contributed by atoms with van der Waals surface area (Å²) in [6.45, 7) is 0. The van der Waals surface area contributed by atoms with E-state index in [0.29, 0.717) is 0 Å². The first kappa shape index (κ1) is 23.7. The van der Waals surface area contributed by atoms with E-state index in [1.165, 1.54) is 24.3 Å². The molecule has 3 aromatic carbocycles. The van der Waals surface area contributed by atoms with Gasteiger partial charge in [-0.1, -0.05) is 11.6 Å². The molecule has 0 saturated heterocycles. The zero-order valence-electron chi connectivity index (χ0n) is 17.3. The maximum atomic E-state index is 11.6. The molecule has 0 fully saturated rings. The van der Waals surface area contributed by atoms with Gasteiger partial charge in [0.1, 0.15) is 10.5 Å². The summed E-state index contributed by atoms with van der Waals surface area (Å²) in [5.74, 6) is 0. The predicted octanol–water partition coefficient (Wildman–Crippen LogP) is 5.12. The van der Waals surface area contributed by atoms with Crippen LogP contribution in [0, 0.1) is 40.5 Å². The first-order valence-corrected chi connectivity index (χ1v) is 9.77. The van der Waals surface area contributed by atoms with Gasteiger partial charge in [-0.3, -0.25) is 40.5 Å². The van der Waals surface area contributed by atoms with E-state index < -0.39 is 42.4 Å². The Hall–Kier alpha value is -5.45. The van der Waals surface area contributed by atoms with Crippen molar-refractivity contribution in [3.8, 4) is 5.69 Å². The Kier molecular flexibility index (Phi) is 5.97. The van der Waals surface area contributed by atoms with E-state index >= 15 is 0 Å². The number of non-ortho nitro benzene ring substituents is 2. The van der Waals surface area contributed by atoms with Gasteiger partial charge in [-0.2, -0.15) is 5.11 Å². The van der Waals surface area contributed by atoms with Crippen molar-refractivity contribution in [3.05, 3.63) is 94.0 Å². The number of nitrogens with zero attached hydrogens (tertiary/aromatic N) is 9. The predicted molar refractivity (Wildman–Crippen MR) is 121 cm³/mol. The van der Waals surface area contributed by atoms with Crippen LogP contribution in [0.5, 0.6) is 0 Å². The van der Waals surface area contributed by atoms with Crippen molar-refractivity contribution in [2.75, 3.05) is 0 Å². The van der Waals surface area contributed by atoms with Crippen LogP contribution in [-0.2, 0) is 0 Å². The monoisotopic (exact) mass is 513 g/mol. The molecule has 0 unspecified atom stereocenters. The molecule has 0 aliphatic carbocycles. The van der Waals surface area contributed by atoms with Crippen molar-refractivity contribution in [1.82, 2.24) is 15.0 Å². The molecule has 0 amide bonds. The summed E-state index contributed by atoms with van der Waals surface area (Å²) < 4.78 is 0. The smallest absolute Gasteiger partial charge is 0.258 e. The number of azo groups is 1. The van der Waals surface area contributed by atoms with Gasteiger partial charge in [0.2, 0.25) is 0 Å². The third-order valence-electron chi connectivity index (χ3n) is 4.65. The summed E-state index contributed by atoms with van der Waals surface area (Å²) in [7, 11) is 0. The highest BCUT2D eigenvalue weighted by molar-refractivity contribution is 6.32. The number of fused-ring (bicyclic) bond motifs is 1. The van der Waals surface area contributed by atoms with Gasteiger partial charge in [-0.15, -0.1) is 20.1 Å². The van der Waals surface area contributed by atoms with E-state index in [1.807, 2.05) is 0 Å². The lowest BCUT2D eigenvalue weighted by molar-refractivity contribution is -0.393. The van der Waals surface area contributed by atoms with Crippen molar-refractivity contribution in [2.45, 2.75) is 0 Å². The second-order valence-electron chi connectivity index (χ2n) is 6.86. The summed E-state index contributed by atoms with van der Waals surface area (Å²) >= 11 is 5.74. The van der Waals surface area contributed by atoms with Crippen molar-refractivity contribution in [1.29, 1.82) is 0 Å². The highest BCUT2D eigenvalue weighted by Gasteiger charge is 2.24. The molecular weight excluding hydrogens is 506 g/mol. The van der Waals surface area contributed by atoms with Crippen LogP contribution in [0.4, 0.5) is 34.1 Å². The SMILES string of the molecule is O=[N+]([O-])c1cc([N+](=O)[O-])c2nn(-c3ccc(N=Nc4ccc(Cl)c([N+](=O)[O-])c4)c([N+](=O)[O-])c3)nc2c1. The van der Waals surface area contributed by atoms with Gasteiger partial charge >= 0.3 is 5.69 Å². The highest BCUT2D eigenvalue weighted by Crippen LogP contribution is 2.34. The van der Waals surface area contributed by atoms with Gasteiger partial charge in [-0.05, 0) is 24.3 Å². The minimum absolute atomic E-state index is 0.00377. The molecule has 17 nitrogen and oxygen atoms in total.